The van der Waals surface area contributed by atoms with Crippen molar-refractivity contribution in [2.24, 2.45) is 0 Å². The van der Waals surface area contributed by atoms with E-state index in [4.69, 9.17) is 10.5 Å². The van der Waals surface area contributed by atoms with Crippen molar-refractivity contribution >= 4 is 21.6 Å². The minimum atomic E-state index is -4.69. The third-order valence-electron chi connectivity index (χ3n) is 5.40. The number of rotatable bonds is 4. The smallest absolute Gasteiger partial charge is 0.384 e. The van der Waals surface area contributed by atoms with Crippen LogP contribution in [0.3, 0.4) is 0 Å². The van der Waals surface area contributed by atoms with Crippen molar-refractivity contribution in [2.45, 2.75) is 23.8 Å². The zero-order valence-corrected chi connectivity index (χ0v) is 16.9. The molecule has 2 N–H and O–H groups in total. The van der Waals surface area contributed by atoms with E-state index in [1.54, 1.807) is 4.90 Å². The van der Waals surface area contributed by atoms with Crippen LogP contribution in [0.2, 0.25) is 0 Å². The third-order valence-corrected chi connectivity index (χ3v) is 7.43. The Balaban J connectivity index is 1.92. The van der Waals surface area contributed by atoms with Crippen molar-refractivity contribution < 1.29 is 26.3 Å². The highest BCUT2D eigenvalue weighted by atomic mass is 32.2. The first kappa shape index (κ1) is 20.8. The molecular weight excluding hydrogens is 423 g/mol. The Hall–Kier alpha value is -2.47. The SMILES string of the molecule is CS(=O)(=O)C1(c2cc(-c3cnc(N)cc3C(F)(F)F)nc(N3CCOCC3)n2)CC1. The number of alkyl halides is 3. The van der Waals surface area contributed by atoms with Crippen LogP contribution >= 0.6 is 0 Å². The van der Waals surface area contributed by atoms with Crippen LogP contribution in [0.1, 0.15) is 24.1 Å². The number of nitrogens with two attached hydrogens (primary N) is 1. The van der Waals surface area contributed by atoms with E-state index >= 15 is 0 Å². The first-order valence-corrected chi connectivity index (χ1v) is 11.2. The first-order chi connectivity index (χ1) is 14.0. The molecule has 2 aromatic heterocycles. The molecule has 2 fully saturated rings. The van der Waals surface area contributed by atoms with Crippen LogP contribution in [0.15, 0.2) is 18.3 Å². The fourth-order valence-corrected chi connectivity index (χ4v) is 4.88. The molecule has 3 heterocycles. The predicted molar refractivity (Wildman–Crippen MR) is 103 cm³/mol. The van der Waals surface area contributed by atoms with Crippen LogP contribution in [0.5, 0.6) is 0 Å². The van der Waals surface area contributed by atoms with E-state index in [0.29, 0.717) is 39.1 Å². The molecule has 0 atom stereocenters. The average molecular weight is 443 g/mol. The predicted octanol–water partition coefficient (Wildman–Crippen LogP) is 2.01. The van der Waals surface area contributed by atoms with Gasteiger partial charge in [-0.2, -0.15) is 13.2 Å². The standard InChI is InChI=1S/C18H20F3N5O3S/c1-30(27,28)17(2-3-17)14-9-13(24-16(25-14)26-4-6-29-7-5-26)11-10-23-15(22)8-12(11)18(19,20)21/h8-10H,2-7H2,1H3,(H2,22,23). The van der Waals surface area contributed by atoms with Gasteiger partial charge in [0.2, 0.25) is 5.95 Å². The Morgan fingerprint density at radius 1 is 1.17 bits per heavy atom. The number of hydrogen-bond acceptors (Lipinski definition) is 8. The van der Waals surface area contributed by atoms with Gasteiger partial charge in [0.1, 0.15) is 10.6 Å². The number of nitrogens with zero attached hydrogens (tertiary/aromatic N) is 4. The van der Waals surface area contributed by atoms with E-state index < -0.39 is 26.3 Å². The second-order valence-corrected chi connectivity index (χ2v) is 9.78. The molecule has 0 spiro atoms. The maximum absolute atomic E-state index is 13.7. The molecule has 30 heavy (non-hydrogen) atoms. The Morgan fingerprint density at radius 3 is 2.40 bits per heavy atom. The van der Waals surface area contributed by atoms with Crippen molar-refractivity contribution in [2.75, 3.05) is 43.2 Å². The molecule has 1 saturated heterocycles. The fourth-order valence-electron chi connectivity index (χ4n) is 3.55. The zero-order valence-electron chi connectivity index (χ0n) is 16.1. The van der Waals surface area contributed by atoms with Crippen LogP contribution in [0.4, 0.5) is 24.9 Å². The summed E-state index contributed by atoms with van der Waals surface area (Å²) in [6.07, 6.45) is -1.85. The van der Waals surface area contributed by atoms with Gasteiger partial charge < -0.3 is 15.4 Å². The summed E-state index contributed by atoms with van der Waals surface area (Å²) in [6.45, 7) is 1.72. The van der Waals surface area contributed by atoms with Crippen LogP contribution in [0, 0.1) is 0 Å². The molecule has 12 heteroatoms. The molecule has 8 nitrogen and oxygen atoms in total. The van der Waals surface area contributed by atoms with E-state index in [9.17, 15) is 21.6 Å². The minimum Gasteiger partial charge on any atom is -0.384 e. The van der Waals surface area contributed by atoms with Gasteiger partial charge in [-0.3, -0.25) is 0 Å². The summed E-state index contributed by atoms with van der Waals surface area (Å²) >= 11 is 0. The molecule has 0 unspecified atom stereocenters. The number of anilines is 2. The number of morpholine rings is 1. The second-order valence-electron chi connectivity index (χ2n) is 7.46. The van der Waals surface area contributed by atoms with Gasteiger partial charge in [-0.15, -0.1) is 0 Å². The molecule has 2 aromatic rings. The van der Waals surface area contributed by atoms with Gasteiger partial charge in [-0.1, -0.05) is 0 Å². The lowest BCUT2D eigenvalue weighted by Gasteiger charge is -2.28. The van der Waals surface area contributed by atoms with E-state index in [1.165, 1.54) is 6.07 Å². The van der Waals surface area contributed by atoms with Gasteiger partial charge in [0, 0.05) is 31.1 Å². The van der Waals surface area contributed by atoms with Crippen molar-refractivity contribution in [3.05, 3.63) is 29.6 Å². The number of sulfone groups is 1. The van der Waals surface area contributed by atoms with Crippen LogP contribution < -0.4 is 10.6 Å². The zero-order chi connectivity index (χ0) is 21.7. The largest absolute Gasteiger partial charge is 0.417 e. The molecule has 1 aliphatic heterocycles. The molecule has 2 aliphatic rings. The maximum Gasteiger partial charge on any atom is 0.417 e. The molecule has 0 amide bonds. The average Bonchev–Trinajstić information content (AvgIpc) is 3.50. The van der Waals surface area contributed by atoms with E-state index in [0.717, 1.165) is 18.5 Å². The monoisotopic (exact) mass is 443 g/mol. The number of ether oxygens (including phenoxy) is 1. The minimum absolute atomic E-state index is 0.0451. The van der Waals surface area contributed by atoms with Crippen molar-refractivity contribution in [1.82, 2.24) is 15.0 Å². The third kappa shape index (κ3) is 3.69. The van der Waals surface area contributed by atoms with Gasteiger partial charge >= 0.3 is 6.18 Å². The number of halogens is 3. The van der Waals surface area contributed by atoms with Crippen LogP contribution in [-0.2, 0) is 25.5 Å². The highest BCUT2D eigenvalue weighted by Gasteiger charge is 2.55. The Morgan fingerprint density at radius 2 is 1.83 bits per heavy atom. The maximum atomic E-state index is 13.7. The van der Waals surface area contributed by atoms with Crippen molar-refractivity contribution in [1.29, 1.82) is 0 Å². The summed E-state index contributed by atoms with van der Waals surface area (Å²) < 4.78 is 69.9. The number of nitrogen functional groups attached to an aromatic ring is 1. The topological polar surface area (TPSA) is 111 Å². The number of hydrogen-bond donors (Lipinski definition) is 1. The summed E-state index contributed by atoms with van der Waals surface area (Å²) in [4.78, 5) is 14.3. The molecule has 0 bridgehead atoms. The Labute approximate surface area is 171 Å². The van der Waals surface area contributed by atoms with Gasteiger partial charge in [0.15, 0.2) is 9.84 Å². The van der Waals surface area contributed by atoms with Gasteiger partial charge in [0.05, 0.1) is 30.2 Å². The molecule has 162 valence electrons. The van der Waals surface area contributed by atoms with Crippen molar-refractivity contribution in [3.63, 3.8) is 0 Å². The van der Waals surface area contributed by atoms with E-state index in [-0.39, 0.29) is 28.7 Å². The first-order valence-electron chi connectivity index (χ1n) is 9.26. The van der Waals surface area contributed by atoms with Gasteiger partial charge in [-0.05, 0) is 25.0 Å². The highest BCUT2D eigenvalue weighted by Crippen LogP contribution is 2.52. The second kappa shape index (κ2) is 7.05. The summed E-state index contributed by atoms with van der Waals surface area (Å²) in [6, 6.07) is 2.06. The van der Waals surface area contributed by atoms with E-state index in [2.05, 4.69) is 15.0 Å². The number of aromatic nitrogens is 3. The lowest BCUT2D eigenvalue weighted by molar-refractivity contribution is -0.137. The Kier molecular flexibility index (Phi) is 4.88. The quantitative estimate of drug-likeness (QED) is 0.764. The molecule has 0 aromatic carbocycles. The summed E-state index contributed by atoms with van der Waals surface area (Å²) in [5.74, 6) is -0.103. The fraction of sp³-hybridized carbons (Fsp3) is 0.500. The molecule has 1 saturated carbocycles. The normalized spacial score (nSPS) is 19.0. The van der Waals surface area contributed by atoms with Crippen LogP contribution in [0.25, 0.3) is 11.3 Å². The van der Waals surface area contributed by atoms with Crippen molar-refractivity contribution in [3.8, 4) is 11.3 Å². The lowest BCUT2D eigenvalue weighted by Crippen LogP contribution is -2.38. The lowest BCUT2D eigenvalue weighted by atomic mass is 10.0. The molecule has 1 aliphatic carbocycles. The molecular formula is C18H20F3N5O3S. The molecule has 4 rings (SSSR count). The summed E-state index contributed by atoms with van der Waals surface area (Å²) in [5.41, 5.74) is 4.35. The summed E-state index contributed by atoms with van der Waals surface area (Å²) in [5, 5.41) is 0. The van der Waals surface area contributed by atoms with Gasteiger partial charge in [0.25, 0.3) is 0 Å². The molecule has 0 radical (unpaired) electrons. The highest BCUT2D eigenvalue weighted by molar-refractivity contribution is 7.91. The van der Waals surface area contributed by atoms with E-state index in [1.807, 2.05) is 0 Å². The summed E-state index contributed by atoms with van der Waals surface area (Å²) in [7, 11) is -3.53. The number of pyridine rings is 1. The Bertz CT molecular complexity index is 1080. The van der Waals surface area contributed by atoms with Gasteiger partial charge in [-0.25, -0.2) is 23.4 Å². The van der Waals surface area contributed by atoms with Crippen LogP contribution in [-0.4, -0.2) is 55.9 Å².